The molecule has 1 fully saturated rings. The van der Waals surface area contributed by atoms with Gasteiger partial charge in [0.15, 0.2) is 0 Å². The number of halogens is 3. The number of benzene rings is 1. The van der Waals surface area contributed by atoms with Crippen LogP contribution in [0.25, 0.3) is 11.1 Å². The lowest BCUT2D eigenvalue weighted by Crippen LogP contribution is -2.54. The first-order chi connectivity index (χ1) is 14.0. The van der Waals surface area contributed by atoms with E-state index in [9.17, 15) is 9.18 Å². The minimum Gasteiger partial charge on any atom is -0.357 e. The van der Waals surface area contributed by atoms with E-state index in [1.54, 1.807) is 30.5 Å². The first-order valence-electron chi connectivity index (χ1n) is 9.25. The predicted molar refractivity (Wildman–Crippen MR) is 113 cm³/mol. The minimum absolute atomic E-state index is 0.0547. The van der Waals surface area contributed by atoms with Crippen LogP contribution in [0.5, 0.6) is 0 Å². The van der Waals surface area contributed by atoms with E-state index in [-0.39, 0.29) is 17.8 Å². The Morgan fingerprint density at radius 2 is 1.93 bits per heavy atom. The molecule has 29 heavy (non-hydrogen) atoms. The van der Waals surface area contributed by atoms with E-state index in [0.717, 1.165) is 0 Å². The second-order valence-electron chi connectivity index (χ2n) is 6.99. The average molecular weight is 433 g/mol. The second-order valence-corrected chi connectivity index (χ2v) is 7.81. The Balaban J connectivity index is 1.56. The zero-order valence-electron chi connectivity index (χ0n) is 15.7. The number of piperazine rings is 1. The van der Waals surface area contributed by atoms with Crippen molar-refractivity contribution in [2.75, 3.05) is 24.5 Å². The molecule has 0 bridgehead atoms. The molecule has 1 N–H and O–H groups in total. The van der Waals surface area contributed by atoms with Crippen LogP contribution in [-0.4, -0.2) is 46.5 Å². The molecule has 4 rings (SSSR count). The normalized spacial score (nSPS) is 16.9. The van der Waals surface area contributed by atoms with Crippen LogP contribution in [0.3, 0.4) is 0 Å². The SMILES string of the molecule is CC1CN(c2ccc(F)cn2)CCN1C(=O)c1[nH]ccc1-c1c(Cl)cccc1Cl. The third-order valence-corrected chi connectivity index (χ3v) is 5.75. The Labute approximate surface area is 178 Å². The third kappa shape index (κ3) is 3.82. The summed E-state index contributed by atoms with van der Waals surface area (Å²) in [6.07, 6.45) is 2.92. The van der Waals surface area contributed by atoms with Gasteiger partial charge in [0.25, 0.3) is 5.91 Å². The predicted octanol–water partition coefficient (Wildman–Crippen LogP) is 4.87. The summed E-state index contributed by atoms with van der Waals surface area (Å²) < 4.78 is 13.1. The lowest BCUT2D eigenvalue weighted by molar-refractivity contribution is 0.0669. The number of aromatic nitrogens is 2. The molecule has 5 nitrogen and oxygen atoms in total. The van der Waals surface area contributed by atoms with Crippen LogP contribution in [0.1, 0.15) is 17.4 Å². The fraction of sp³-hybridized carbons (Fsp3) is 0.238. The number of aromatic amines is 1. The molecular weight excluding hydrogens is 414 g/mol. The van der Waals surface area contributed by atoms with Crippen LogP contribution in [0.2, 0.25) is 10.0 Å². The number of amides is 1. The van der Waals surface area contributed by atoms with Crippen molar-refractivity contribution in [3.8, 4) is 11.1 Å². The van der Waals surface area contributed by atoms with Gasteiger partial charge in [0.05, 0.1) is 6.20 Å². The summed E-state index contributed by atoms with van der Waals surface area (Å²) in [6, 6.07) is 10.1. The van der Waals surface area contributed by atoms with Crippen molar-refractivity contribution in [2.45, 2.75) is 13.0 Å². The zero-order valence-corrected chi connectivity index (χ0v) is 17.2. The maximum Gasteiger partial charge on any atom is 0.271 e. The lowest BCUT2D eigenvalue weighted by Gasteiger charge is -2.40. The van der Waals surface area contributed by atoms with Crippen molar-refractivity contribution in [1.82, 2.24) is 14.9 Å². The maximum atomic E-state index is 13.3. The number of rotatable bonds is 3. The van der Waals surface area contributed by atoms with Crippen LogP contribution in [-0.2, 0) is 0 Å². The molecule has 150 valence electrons. The molecule has 8 heteroatoms. The van der Waals surface area contributed by atoms with Gasteiger partial charge < -0.3 is 14.8 Å². The standard InChI is InChI=1S/C21H19Cl2FN4O/c1-13-12-27(18-6-5-14(24)11-26-18)9-10-28(13)21(29)20-15(7-8-25-20)19-16(22)3-2-4-17(19)23/h2-8,11,13,25H,9-10,12H2,1H3. The van der Waals surface area contributed by atoms with E-state index in [0.29, 0.717) is 52.3 Å². The smallest absolute Gasteiger partial charge is 0.271 e. The number of carbonyl (C=O) groups is 1. The Bertz CT molecular complexity index is 1020. The fourth-order valence-corrected chi connectivity index (χ4v) is 4.28. The van der Waals surface area contributed by atoms with Crippen molar-refractivity contribution >= 4 is 34.9 Å². The van der Waals surface area contributed by atoms with E-state index < -0.39 is 0 Å². The van der Waals surface area contributed by atoms with E-state index in [4.69, 9.17) is 23.2 Å². The fourth-order valence-electron chi connectivity index (χ4n) is 3.68. The topological polar surface area (TPSA) is 52.2 Å². The number of carbonyl (C=O) groups excluding carboxylic acids is 1. The Hall–Kier alpha value is -2.57. The van der Waals surface area contributed by atoms with Crippen LogP contribution >= 0.6 is 23.2 Å². The summed E-state index contributed by atoms with van der Waals surface area (Å²) in [5.74, 6) is 0.224. The molecule has 0 aliphatic carbocycles. The summed E-state index contributed by atoms with van der Waals surface area (Å²) in [4.78, 5) is 24.4. The van der Waals surface area contributed by atoms with Crippen molar-refractivity contribution in [3.05, 3.63) is 70.3 Å². The molecule has 0 saturated carbocycles. The zero-order chi connectivity index (χ0) is 20.5. The molecule has 3 aromatic rings. The van der Waals surface area contributed by atoms with Gasteiger partial charge >= 0.3 is 0 Å². The van der Waals surface area contributed by atoms with Gasteiger partial charge in [-0.25, -0.2) is 9.37 Å². The molecule has 1 atom stereocenters. The lowest BCUT2D eigenvalue weighted by atomic mass is 10.0. The van der Waals surface area contributed by atoms with E-state index in [2.05, 4.69) is 14.9 Å². The average Bonchev–Trinajstić information content (AvgIpc) is 3.17. The Kier molecular flexibility index (Phi) is 5.48. The van der Waals surface area contributed by atoms with E-state index >= 15 is 0 Å². The molecule has 0 spiro atoms. The number of hydrogen-bond donors (Lipinski definition) is 1. The minimum atomic E-state index is -0.367. The van der Waals surface area contributed by atoms with Crippen LogP contribution in [0, 0.1) is 5.82 Å². The molecule has 2 aromatic heterocycles. The van der Waals surface area contributed by atoms with Crippen LogP contribution in [0.15, 0.2) is 48.8 Å². The van der Waals surface area contributed by atoms with Gasteiger partial charge in [0.2, 0.25) is 0 Å². The molecular formula is C21H19Cl2FN4O. The summed E-state index contributed by atoms with van der Waals surface area (Å²) in [7, 11) is 0. The molecule has 1 unspecified atom stereocenters. The molecule has 1 aliphatic rings. The van der Waals surface area contributed by atoms with Gasteiger partial charge in [-0.05, 0) is 37.3 Å². The van der Waals surface area contributed by atoms with E-state index in [1.165, 1.54) is 12.3 Å². The van der Waals surface area contributed by atoms with Gasteiger partial charge in [-0.15, -0.1) is 0 Å². The van der Waals surface area contributed by atoms with Gasteiger partial charge in [0.1, 0.15) is 17.3 Å². The number of anilines is 1. The summed E-state index contributed by atoms with van der Waals surface area (Å²) in [6.45, 7) is 3.72. The number of nitrogens with zero attached hydrogens (tertiary/aromatic N) is 3. The first-order valence-corrected chi connectivity index (χ1v) is 10.0. The summed E-state index contributed by atoms with van der Waals surface area (Å²) >= 11 is 12.7. The number of pyridine rings is 1. The van der Waals surface area contributed by atoms with Gasteiger partial charge in [0, 0.05) is 53.0 Å². The van der Waals surface area contributed by atoms with Crippen molar-refractivity contribution < 1.29 is 9.18 Å². The van der Waals surface area contributed by atoms with Crippen molar-refractivity contribution in [2.24, 2.45) is 0 Å². The highest BCUT2D eigenvalue weighted by Crippen LogP contribution is 2.37. The molecule has 1 saturated heterocycles. The highest BCUT2D eigenvalue weighted by atomic mass is 35.5. The largest absolute Gasteiger partial charge is 0.357 e. The number of H-pyrrole nitrogens is 1. The van der Waals surface area contributed by atoms with Crippen molar-refractivity contribution in [3.63, 3.8) is 0 Å². The van der Waals surface area contributed by atoms with Crippen molar-refractivity contribution in [1.29, 1.82) is 0 Å². The van der Waals surface area contributed by atoms with Crippen LogP contribution < -0.4 is 4.90 Å². The Morgan fingerprint density at radius 3 is 2.59 bits per heavy atom. The van der Waals surface area contributed by atoms with Gasteiger partial charge in [-0.1, -0.05) is 29.3 Å². The maximum absolute atomic E-state index is 13.3. The molecule has 3 heterocycles. The highest BCUT2D eigenvalue weighted by Gasteiger charge is 2.31. The molecule has 0 radical (unpaired) electrons. The molecule has 1 aromatic carbocycles. The van der Waals surface area contributed by atoms with Gasteiger partial charge in [-0.2, -0.15) is 0 Å². The third-order valence-electron chi connectivity index (χ3n) is 5.12. The molecule has 1 amide bonds. The second kappa shape index (κ2) is 8.05. The monoisotopic (exact) mass is 432 g/mol. The van der Waals surface area contributed by atoms with Gasteiger partial charge in [-0.3, -0.25) is 4.79 Å². The van der Waals surface area contributed by atoms with E-state index in [1.807, 2.05) is 17.9 Å². The summed E-state index contributed by atoms with van der Waals surface area (Å²) in [5.41, 5.74) is 1.78. The quantitative estimate of drug-likeness (QED) is 0.641. The first kappa shape index (κ1) is 19.7. The summed E-state index contributed by atoms with van der Waals surface area (Å²) in [5, 5.41) is 0.984. The number of nitrogens with one attached hydrogen (secondary N) is 1. The molecule has 1 aliphatic heterocycles. The highest BCUT2D eigenvalue weighted by molar-refractivity contribution is 6.39. The number of hydrogen-bond acceptors (Lipinski definition) is 3. The van der Waals surface area contributed by atoms with Crippen LogP contribution in [0.4, 0.5) is 10.2 Å². The Morgan fingerprint density at radius 1 is 1.17 bits per heavy atom.